The molecular weight excluding hydrogens is 344 g/mol. The highest BCUT2D eigenvalue weighted by Crippen LogP contribution is 2.16. The molecule has 2 atom stereocenters. The number of carbonyl (C=O) groups is 2. The number of hydrogen-bond donors (Lipinski definition) is 2. The van der Waals surface area contributed by atoms with Crippen molar-refractivity contribution in [3.63, 3.8) is 0 Å². The fourth-order valence-electron chi connectivity index (χ4n) is 2.67. The summed E-state index contributed by atoms with van der Waals surface area (Å²) in [5.41, 5.74) is -0.529. The van der Waals surface area contributed by atoms with Crippen molar-refractivity contribution in [3.05, 3.63) is 12.2 Å². The van der Waals surface area contributed by atoms with Crippen LogP contribution in [0.3, 0.4) is 0 Å². The van der Waals surface area contributed by atoms with Crippen molar-refractivity contribution >= 4 is 11.7 Å². The molecule has 0 aliphatic carbocycles. The molecule has 0 aromatic carbocycles. The quantitative estimate of drug-likeness (QED) is 0.355. The van der Waals surface area contributed by atoms with E-state index in [4.69, 9.17) is 9.47 Å². The third kappa shape index (κ3) is 10.6. The molecule has 2 N–H and O–H groups in total. The molecule has 0 rings (SSSR count). The summed E-state index contributed by atoms with van der Waals surface area (Å²) in [6.45, 7) is 19.9. The number of rotatable bonds is 14. The Morgan fingerprint density at radius 1 is 1.07 bits per heavy atom. The second-order valence-corrected chi connectivity index (χ2v) is 8.30. The number of ketones is 1. The van der Waals surface area contributed by atoms with Gasteiger partial charge in [0.25, 0.3) is 0 Å². The first kappa shape index (κ1) is 25.8. The number of carbonyl (C=O) groups excluding carboxylic acids is 2. The summed E-state index contributed by atoms with van der Waals surface area (Å²) in [7, 11) is 0. The minimum atomic E-state index is -0.716. The standard InChI is InChI=1S/C21H40N2O4/c1-10-21(9,19(25)15(2)3)22-17(6)27-13-11-18(24)23-20(7,8)12-14-26-16(4)5/h16-17,22H,2,10-14H2,1,3-9H3,(H,23,24). The Kier molecular flexibility index (Phi) is 11.0. The van der Waals surface area contributed by atoms with Crippen LogP contribution in [0, 0.1) is 0 Å². The Bertz CT molecular complexity index is 502. The van der Waals surface area contributed by atoms with Gasteiger partial charge in [0, 0.05) is 12.1 Å². The van der Waals surface area contributed by atoms with E-state index < -0.39 is 5.54 Å². The van der Waals surface area contributed by atoms with Crippen LogP contribution in [-0.4, -0.2) is 48.3 Å². The third-order valence-corrected chi connectivity index (χ3v) is 4.47. The van der Waals surface area contributed by atoms with Gasteiger partial charge < -0.3 is 14.8 Å². The molecule has 2 unspecified atom stereocenters. The Balaban J connectivity index is 4.32. The van der Waals surface area contributed by atoms with Crippen LogP contribution < -0.4 is 10.6 Å². The predicted molar refractivity (Wildman–Crippen MR) is 110 cm³/mol. The molecule has 27 heavy (non-hydrogen) atoms. The van der Waals surface area contributed by atoms with Gasteiger partial charge in [0.15, 0.2) is 5.78 Å². The average molecular weight is 385 g/mol. The Labute approximate surface area is 165 Å². The second kappa shape index (κ2) is 11.6. The fraction of sp³-hybridized carbons (Fsp3) is 0.810. The maximum absolute atomic E-state index is 12.3. The molecule has 0 radical (unpaired) electrons. The van der Waals surface area contributed by atoms with E-state index in [1.807, 2.05) is 48.5 Å². The summed E-state index contributed by atoms with van der Waals surface area (Å²) in [4.78, 5) is 24.5. The molecule has 0 aromatic rings. The number of hydrogen-bond acceptors (Lipinski definition) is 5. The maximum Gasteiger partial charge on any atom is 0.222 e. The zero-order valence-electron chi connectivity index (χ0n) is 18.5. The topological polar surface area (TPSA) is 76.7 Å². The van der Waals surface area contributed by atoms with E-state index in [-0.39, 0.29) is 42.6 Å². The number of Topliss-reactive ketones (excluding diaryl/α,β-unsaturated/α-hetero) is 1. The summed E-state index contributed by atoms with van der Waals surface area (Å²) in [5.74, 6) is -0.0865. The van der Waals surface area contributed by atoms with Crippen molar-refractivity contribution in [1.29, 1.82) is 0 Å². The molecule has 6 heteroatoms. The van der Waals surface area contributed by atoms with Crippen LogP contribution in [-0.2, 0) is 19.1 Å². The van der Waals surface area contributed by atoms with Gasteiger partial charge in [-0.05, 0) is 66.9 Å². The molecule has 0 heterocycles. The molecule has 158 valence electrons. The lowest BCUT2D eigenvalue weighted by Crippen LogP contribution is -2.53. The van der Waals surface area contributed by atoms with Crippen LogP contribution in [0.5, 0.6) is 0 Å². The van der Waals surface area contributed by atoms with Crippen molar-refractivity contribution < 1.29 is 19.1 Å². The molecule has 0 aliphatic rings. The summed E-state index contributed by atoms with van der Waals surface area (Å²) < 4.78 is 11.2. The normalized spacial score (nSPS) is 15.3. The van der Waals surface area contributed by atoms with Gasteiger partial charge in [-0.25, -0.2) is 0 Å². The molecule has 0 saturated carbocycles. The summed E-state index contributed by atoms with van der Waals surface area (Å²) in [5, 5.41) is 6.22. The summed E-state index contributed by atoms with van der Waals surface area (Å²) >= 11 is 0. The molecule has 6 nitrogen and oxygen atoms in total. The Morgan fingerprint density at radius 3 is 2.15 bits per heavy atom. The van der Waals surface area contributed by atoms with Gasteiger partial charge in [0.2, 0.25) is 5.91 Å². The first-order chi connectivity index (χ1) is 12.3. The highest BCUT2D eigenvalue weighted by Gasteiger charge is 2.32. The smallest absolute Gasteiger partial charge is 0.222 e. The number of ether oxygens (including phenoxy) is 2. The molecule has 0 aliphatic heterocycles. The predicted octanol–water partition coefficient (Wildman–Crippen LogP) is 3.35. The first-order valence-corrected chi connectivity index (χ1v) is 9.85. The van der Waals surface area contributed by atoms with E-state index in [9.17, 15) is 9.59 Å². The first-order valence-electron chi connectivity index (χ1n) is 9.85. The van der Waals surface area contributed by atoms with Crippen molar-refractivity contribution in [2.24, 2.45) is 0 Å². The van der Waals surface area contributed by atoms with Crippen molar-refractivity contribution in [3.8, 4) is 0 Å². The average Bonchev–Trinajstić information content (AvgIpc) is 2.52. The van der Waals surface area contributed by atoms with Crippen LogP contribution in [0.1, 0.15) is 74.7 Å². The molecule has 0 saturated heterocycles. The van der Waals surface area contributed by atoms with Crippen LogP contribution >= 0.6 is 0 Å². The molecule has 0 aromatic heterocycles. The molecule has 0 bridgehead atoms. The van der Waals surface area contributed by atoms with Gasteiger partial charge in [-0.15, -0.1) is 0 Å². The van der Waals surface area contributed by atoms with E-state index in [1.165, 1.54) is 0 Å². The van der Waals surface area contributed by atoms with E-state index >= 15 is 0 Å². The fourth-order valence-corrected chi connectivity index (χ4v) is 2.67. The lowest BCUT2D eigenvalue weighted by molar-refractivity contribution is -0.126. The van der Waals surface area contributed by atoms with Crippen molar-refractivity contribution in [2.75, 3.05) is 13.2 Å². The van der Waals surface area contributed by atoms with Crippen LogP contribution in [0.25, 0.3) is 0 Å². The number of amides is 1. The second-order valence-electron chi connectivity index (χ2n) is 8.30. The van der Waals surface area contributed by atoms with E-state index in [0.29, 0.717) is 18.6 Å². The lowest BCUT2D eigenvalue weighted by atomic mass is 9.89. The largest absolute Gasteiger partial charge is 0.379 e. The summed E-state index contributed by atoms with van der Waals surface area (Å²) in [6.07, 6.45) is 1.47. The SMILES string of the molecule is C=C(C)C(=O)C(C)(CC)NC(C)OCCC(=O)NC(C)(C)CCOC(C)C. The zero-order chi connectivity index (χ0) is 21.3. The van der Waals surface area contributed by atoms with Gasteiger partial charge >= 0.3 is 0 Å². The minimum absolute atomic E-state index is 0.0245. The monoisotopic (exact) mass is 384 g/mol. The molecule has 0 spiro atoms. The van der Waals surface area contributed by atoms with Gasteiger partial charge in [0.1, 0.15) is 6.23 Å². The molecular formula is C21H40N2O4. The molecule has 1 amide bonds. The van der Waals surface area contributed by atoms with Crippen LogP contribution in [0.4, 0.5) is 0 Å². The van der Waals surface area contributed by atoms with Gasteiger partial charge in [-0.1, -0.05) is 13.5 Å². The van der Waals surface area contributed by atoms with E-state index in [1.54, 1.807) is 6.92 Å². The van der Waals surface area contributed by atoms with E-state index in [2.05, 4.69) is 17.2 Å². The van der Waals surface area contributed by atoms with Crippen LogP contribution in [0.15, 0.2) is 12.2 Å². The molecule has 0 fully saturated rings. The maximum atomic E-state index is 12.3. The lowest BCUT2D eigenvalue weighted by Gasteiger charge is -2.32. The van der Waals surface area contributed by atoms with Crippen molar-refractivity contribution in [2.45, 2.75) is 98.1 Å². The van der Waals surface area contributed by atoms with E-state index in [0.717, 1.165) is 6.42 Å². The Morgan fingerprint density at radius 2 is 1.67 bits per heavy atom. The van der Waals surface area contributed by atoms with Crippen molar-refractivity contribution in [1.82, 2.24) is 10.6 Å². The highest BCUT2D eigenvalue weighted by molar-refractivity contribution is 6.01. The summed E-state index contributed by atoms with van der Waals surface area (Å²) in [6, 6.07) is 0. The van der Waals surface area contributed by atoms with Crippen LogP contribution in [0.2, 0.25) is 0 Å². The van der Waals surface area contributed by atoms with Gasteiger partial charge in [-0.2, -0.15) is 0 Å². The highest BCUT2D eigenvalue weighted by atomic mass is 16.5. The minimum Gasteiger partial charge on any atom is -0.379 e. The Hall–Kier alpha value is -1.24. The van der Waals surface area contributed by atoms with Gasteiger partial charge in [0.05, 0.1) is 24.7 Å². The zero-order valence-corrected chi connectivity index (χ0v) is 18.5. The number of nitrogens with one attached hydrogen (secondary N) is 2. The third-order valence-electron chi connectivity index (χ3n) is 4.47. The van der Waals surface area contributed by atoms with Gasteiger partial charge in [-0.3, -0.25) is 14.9 Å².